The molecule has 0 amide bonds. The van der Waals surface area contributed by atoms with E-state index in [0.29, 0.717) is 23.7 Å². The summed E-state index contributed by atoms with van der Waals surface area (Å²) in [4.78, 5) is 12.9. The summed E-state index contributed by atoms with van der Waals surface area (Å²) in [6.07, 6.45) is 4.80. The molecule has 0 N–H and O–H groups in total. The van der Waals surface area contributed by atoms with Gasteiger partial charge in [0.25, 0.3) is 0 Å². The number of nitrogens with zero attached hydrogens (tertiary/aromatic N) is 1. The van der Waals surface area contributed by atoms with Gasteiger partial charge in [0.05, 0.1) is 11.0 Å². The fourth-order valence-corrected chi connectivity index (χ4v) is 8.76. The van der Waals surface area contributed by atoms with Crippen molar-refractivity contribution in [1.82, 2.24) is 4.57 Å². The van der Waals surface area contributed by atoms with Crippen molar-refractivity contribution in [3.8, 4) is 11.4 Å². The lowest BCUT2D eigenvalue weighted by Gasteiger charge is -2.62. The monoisotopic (exact) mass is 477 g/mol. The molecule has 6 atom stereocenters. The van der Waals surface area contributed by atoms with Crippen LogP contribution in [0.15, 0.2) is 60.7 Å². The largest absolute Gasteiger partial charge is 0.481 e. The molecular formula is C32H31NO3. The molecule has 2 heterocycles. The lowest BCUT2D eigenvalue weighted by atomic mass is 9.45. The third-order valence-electron chi connectivity index (χ3n) is 10.1. The maximum atomic E-state index is 12.9. The van der Waals surface area contributed by atoms with E-state index in [1.165, 1.54) is 45.9 Å². The van der Waals surface area contributed by atoms with Gasteiger partial charge in [-0.1, -0.05) is 36.4 Å². The standard InChI is InChI=1S/C32H31NO3/c1-18-11-22(33-27-9-5-3-7-23(27)24-8-4-6-10-28(24)33)16-25-30-20-12-19-13-21(15-20)32(2,26(30)14-19)36-29(34)17-35-31(18)25/h3-11,16,19-21,26,30H,12-15,17H2,1-2H3. The number of hydrogen-bond donors (Lipinski definition) is 0. The predicted octanol–water partition coefficient (Wildman–Crippen LogP) is 6.94. The second kappa shape index (κ2) is 7.15. The fourth-order valence-electron chi connectivity index (χ4n) is 8.76. The zero-order valence-corrected chi connectivity index (χ0v) is 20.9. The molecule has 5 aliphatic rings. The van der Waals surface area contributed by atoms with Gasteiger partial charge in [-0.05, 0) is 93.0 Å². The number of rotatable bonds is 1. The summed E-state index contributed by atoms with van der Waals surface area (Å²) in [5.41, 5.74) is 5.59. The first-order valence-corrected chi connectivity index (χ1v) is 13.5. The van der Waals surface area contributed by atoms with Crippen LogP contribution in [0.1, 0.15) is 49.7 Å². The van der Waals surface area contributed by atoms with Crippen LogP contribution in [-0.2, 0) is 9.53 Å². The Balaban J connectivity index is 1.39. The molecule has 182 valence electrons. The molecule has 1 aromatic heterocycles. The number of para-hydroxylation sites is 2. The number of aryl methyl sites for hydroxylation is 1. The number of carbonyl (C=O) groups excluding carboxylic acids is 1. The number of fused-ring (bicyclic) bond motifs is 4. The first kappa shape index (κ1) is 20.9. The number of benzene rings is 3. The van der Waals surface area contributed by atoms with Gasteiger partial charge in [0.1, 0.15) is 11.4 Å². The van der Waals surface area contributed by atoms with Crippen LogP contribution in [0.25, 0.3) is 27.5 Å². The van der Waals surface area contributed by atoms with Crippen LogP contribution in [0.4, 0.5) is 0 Å². The summed E-state index contributed by atoms with van der Waals surface area (Å²) < 4.78 is 15.0. The lowest BCUT2D eigenvalue weighted by Crippen LogP contribution is -2.61. The third-order valence-corrected chi connectivity index (χ3v) is 10.1. The number of ether oxygens (including phenoxy) is 2. The van der Waals surface area contributed by atoms with E-state index in [1.54, 1.807) is 0 Å². The number of aromatic nitrogens is 1. The fraction of sp³-hybridized carbons (Fsp3) is 0.406. The number of carbonyl (C=O) groups is 1. The molecule has 6 unspecified atom stereocenters. The summed E-state index contributed by atoms with van der Waals surface area (Å²) in [5.74, 6) is 3.27. The highest BCUT2D eigenvalue weighted by Crippen LogP contribution is 2.66. The van der Waals surface area contributed by atoms with E-state index in [2.05, 4.69) is 79.1 Å². The normalized spacial score (nSPS) is 32.5. The summed E-state index contributed by atoms with van der Waals surface area (Å²) in [5, 5.41) is 2.54. The molecule has 6 bridgehead atoms. The Morgan fingerprint density at radius 1 is 0.917 bits per heavy atom. The maximum absolute atomic E-state index is 12.9. The van der Waals surface area contributed by atoms with Crippen molar-refractivity contribution in [2.45, 2.75) is 51.0 Å². The molecule has 3 aromatic carbocycles. The van der Waals surface area contributed by atoms with E-state index in [4.69, 9.17) is 9.47 Å². The van der Waals surface area contributed by atoms with Gasteiger partial charge in [-0.25, -0.2) is 4.79 Å². The second-order valence-electron chi connectivity index (χ2n) is 11.9. The van der Waals surface area contributed by atoms with Gasteiger partial charge in [-0.15, -0.1) is 0 Å². The SMILES string of the molecule is Cc1cc(-n2c3ccccc3c3ccccc32)cc2c1OCC(=O)OC1(C)C3CC4CC(C3)C2C1C4. The summed E-state index contributed by atoms with van der Waals surface area (Å²) in [6.45, 7) is 4.34. The van der Waals surface area contributed by atoms with Gasteiger partial charge in [-0.2, -0.15) is 0 Å². The van der Waals surface area contributed by atoms with E-state index < -0.39 is 5.60 Å². The highest BCUT2D eigenvalue weighted by Gasteiger charge is 2.62. The first-order valence-electron chi connectivity index (χ1n) is 13.5. The number of esters is 1. The Morgan fingerprint density at radius 3 is 2.39 bits per heavy atom. The van der Waals surface area contributed by atoms with E-state index in [0.717, 1.165) is 30.1 Å². The Morgan fingerprint density at radius 2 is 1.64 bits per heavy atom. The average molecular weight is 478 g/mol. The highest BCUT2D eigenvalue weighted by molar-refractivity contribution is 6.09. The predicted molar refractivity (Wildman–Crippen MR) is 141 cm³/mol. The van der Waals surface area contributed by atoms with Gasteiger partial charge >= 0.3 is 5.97 Å². The van der Waals surface area contributed by atoms with Gasteiger partial charge in [-0.3, -0.25) is 0 Å². The minimum atomic E-state index is -0.392. The minimum absolute atomic E-state index is 0.0155. The molecule has 4 aromatic rings. The number of hydrogen-bond acceptors (Lipinski definition) is 3. The summed E-state index contributed by atoms with van der Waals surface area (Å²) >= 11 is 0. The Kier molecular flexibility index (Phi) is 4.15. The molecule has 9 rings (SSSR count). The molecule has 4 nitrogen and oxygen atoms in total. The quantitative estimate of drug-likeness (QED) is 0.279. The molecule has 4 heteroatoms. The van der Waals surface area contributed by atoms with Crippen LogP contribution in [0, 0.1) is 30.6 Å². The van der Waals surface area contributed by atoms with Crippen LogP contribution in [0.5, 0.6) is 5.75 Å². The molecule has 4 saturated carbocycles. The van der Waals surface area contributed by atoms with Crippen LogP contribution in [-0.4, -0.2) is 22.7 Å². The van der Waals surface area contributed by atoms with Crippen molar-refractivity contribution in [1.29, 1.82) is 0 Å². The Bertz CT molecular complexity index is 1510. The molecular weight excluding hydrogens is 446 g/mol. The average Bonchev–Trinajstić information content (AvgIpc) is 3.22. The van der Waals surface area contributed by atoms with E-state index in [-0.39, 0.29) is 12.6 Å². The van der Waals surface area contributed by atoms with Crippen molar-refractivity contribution in [2.24, 2.45) is 23.7 Å². The van der Waals surface area contributed by atoms with E-state index in [1.807, 2.05) is 0 Å². The van der Waals surface area contributed by atoms with Crippen molar-refractivity contribution < 1.29 is 14.3 Å². The molecule has 0 saturated heterocycles. The maximum Gasteiger partial charge on any atom is 0.344 e. The summed E-state index contributed by atoms with van der Waals surface area (Å²) in [7, 11) is 0. The highest BCUT2D eigenvalue weighted by atomic mass is 16.6. The Labute approximate surface area is 211 Å². The van der Waals surface area contributed by atoms with Gasteiger partial charge < -0.3 is 14.0 Å². The topological polar surface area (TPSA) is 40.5 Å². The van der Waals surface area contributed by atoms with Crippen molar-refractivity contribution >= 4 is 27.8 Å². The second-order valence-corrected chi connectivity index (χ2v) is 11.9. The van der Waals surface area contributed by atoms with Gasteiger partial charge in [0, 0.05) is 27.9 Å². The van der Waals surface area contributed by atoms with Crippen LogP contribution in [0.2, 0.25) is 0 Å². The third kappa shape index (κ3) is 2.68. The van der Waals surface area contributed by atoms with E-state index >= 15 is 0 Å². The van der Waals surface area contributed by atoms with Crippen LogP contribution < -0.4 is 4.74 Å². The minimum Gasteiger partial charge on any atom is -0.481 e. The zero-order chi connectivity index (χ0) is 24.2. The van der Waals surface area contributed by atoms with Crippen LogP contribution in [0.3, 0.4) is 0 Å². The van der Waals surface area contributed by atoms with E-state index in [9.17, 15) is 4.79 Å². The molecule has 4 aliphatic carbocycles. The van der Waals surface area contributed by atoms with Crippen molar-refractivity contribution in [3.63, 3.8) is 0 Å². The molecule has 1 aliphatic heterocycles. The van der Waals surface area contributed by atoms with Crippen molar-refractivity contribution in [2.75, 3.05) is 6.61 Å². The van der Waals surface area contributed by atoms with Crippen molar-refractivity contribution in [3.05, 3.63) is 71.8 Å². The smallest absolute Gasteiger partial charge is 0.344 e. The molecule has 36 heavy (non-hydrogen) atoms. The lowest BCUT2D eigenvalue weighted by molar-refractivity contribution is -0.208. The van der Waals surface area contributed by atoms with Crippen LogP contribution >= 0.6 is 0 Å². The summed E-state index contributed by atoms with van der Waals surface area (Å²) in [6, 6.07) is 22.0. The molecule has 0 radical (unpaired) electrons. The van der Waals surface area contributed by atoms with Gasteiger partial charge in [0.15, 0.2) is 6.61 Å². The Hall–Kier alpha value is -3.27. The molecule has 4 fully saturated rings. The van der Waals surface area contributed by atoms with Gasteiger partial charge in [0.2, 0.25) is 0 Å². The first-order chi connectivity index (χ1) is 17.5. The zero-order valence-electron chi connectivity index (χ0n) is 20.9. The molecule has 0 spiro atoms.